The van der Waals surface area contributed by atoms with Gasteiger partial charge in [-0.05, 0) is 37.0 Å². The molecule has 0 heterocycles. The molecule has 0 bridgehead atoms. The standard InChI is InChI=1S/C17H26ClNO/c1-2-16(19)17(13-9-11-14(18)12-10-13)20-15-7-5-3-4-6-8-15/h9-12,15-17H,2-8,19H2,1H3. The van der Waals surface area contributed by atoms with Crippen molar-refractivity contribution < 1.29 is 4.74 Å². The van der Waals surface area contributed by atoms with Gasteiger partial charge in [0.1, 0.15) is 0 Å². The van der Waals surface area contributed by atoms with E-state index in [1.807, 2.05) is 24.3 Å². The summed E-state index contributed by atoms with van der Waals surface area (Å²) in [4.78, 5) is 0. The second-order valence-corrected chi connectivity index (χ2v) is 6.23. The fourth-order valence-electron chi connectivity index (χ4n) is 2.88. The van der Waals surface area contributed by atoms with Crippen molar-refractivity contribution in [1.82, 2.24) is 0 Å². The molecule has 20 heavy (non-hydrogen) atoms. The first-order valence-electron chi connectivity index (χ1n) is 7.87. The first-order chi connectivity index (χ1) is 9.70. The fraction of sp³-hybridized carbons (Fsp3) is 0.647. The summed E-state index contributed by atoms with van der Waals surface area (Å²) < 4.78 is 6.38. The van der Waals surface area contributed by atoms with Gasteiger partial charge in [-0.1, -0.05) is 56.3 Å². The van der Waals surface area contributed by atoms with Crippen LogP contribution in [0.1, 0.15) is 63.5 Å². The minimum absolute atomic E-state index is 0.0135. The average Bonchev–Trinajstić information content (AvgIpc) is 2.74. The van der Waals surface area contributed by atoms with Crippen molar-refractivity contribution in [1.29, 1.82) is 0 Å². The molecule has 1 aromatic carbocycles. The van der Waals surface area contributed by atoms with Crippen LogP contribution in [0.15, 0.2) is 24.3 Å². The zero-order valence-electron chi connectivity index (χ0n) is 12.4. The minimum atomic E-state index is -0.0135. The van der Waals surface area contributed by atoms with Crippen molar-refractivity contribution in [3.63, 3.8) is 0 Å². The molecular formula is C17H26ClNO. The van der Waals surface area contributed by atoms with Crippen molar-refractivity contribution in [2.45, 2.75) is 70.1 Å². The molecule has 3 heteroatoms. The molecule has 1 aliphatic carbocycles. The van der Waals surface area contributed by atoms with E-state index in [0.717, 1.165) is 17.0 Å². The maximum atomic E-state index is 6.38. The summed E-state index contributed by atoms with van der Waals surface area (Å²) >= 11 is 5.97. The maximum Gasteiger partial charge on any atom is 0.0979 e. The normalized spacial score (nSPS) is 20.4. The number of hydrogen-bond donors (Lipinski definition) is 1. The van der Waals surface area contributed by atoms with E-state index in [2.05, 4.69) is 6.92 Å². The summed E-state index contributed by atoms with van der Waals surface area (Å²) in [5.74, 6) is 0. The quantitative estimate of drug-likeness (QED) is 0.788. The minimum Gasteiger partial charge on any atom is -0.369 e. The SMILES string of the molecule is CCC(N)C(OC1CCCCCC1)c1ccc(Cl)cc1. The monoisotopic (exact) mass is 295 g/mol. The third kappa shape index (κ3) is 4.47. The van der Waals surface area contributed by atoms with Crippen LogP contribution < -0.4 is 5.73 Å². The highest BCUT2D eigenvalue weighted by Gasteiger charge is 2.24. The molecule has 1 aromatic rings. The molecule has 0 saturated heterocycles. The molecule has 112 valence electrons. The molecule has 0 amide bonds. The van der Waals surface area contributed by atoms with Crippen molar-refractivity contribution in [2.75, 3.05) is 0 Å². The Morgan fingerprint density at radius 3 is 2.30 bits per heavy atom. The average molecular weight is 296 g/mol. The number of hydrogen-bond acceptors (Lipinski definition) is 2. The Labute approximate surface area is 127 Å². The summed E-state index contributed by atoms with van der Waals surface area (Å²) in [6.07, 6.45) is 8.83. The van der Waals surface area contributed by atoms with Gasteiger partial charge < -0.3 is 10.5 Å². The van der Waals surface area contributed by atoms with Crippen LogP contribution in [-0.4, -0.2) is 12.1 Å². The number of nitrogens with two attached hydrogens (primary N) is 1. The zero-order valence-corrected chi connectivity index (χ0v) is 13.1. The van der Waals surface area contributed by atoms with E-state index in [9.17, 15) is 0 Å². The molecule has 0 aromatic heterocycles. The zero-order chi connectivity index (χ0) is 14.4. The van der Waals surface area contributed by atoms with Gasteiger partial charge in [0.05, 0.1) is 12.2 Å². The van der Waals surface area contributed by atoms with Crippen LogP contribution >= 0.6 is 11.6 Å². The van der Waals surface area contributed by atoms with Crippen LogP contribution in [-0.2, 0) is 4.74 Å². The highest BCUT2D eigenvalue weighted by molar-refractivity contribution is 6.30. The molecule has 0 radical (unpaired) electrons. The Morgan fingerprint density at radius 2 is 1.75 bits per heavy atom. The summed E-state index contributed by atoms with van der Waals surface area (Å²) in [7, 11) is 0. The topological polar surface area (TPSA) is 35.2 Å². The molecule has 2 unspecified atom stereocenters. The lowest BCUT2D eigenvalue weighted by Gasteiger charge is -2.28. The van der Waals surface area contributed by atoms with E-state index in [4.69, 9.17) is 22.1 Å². The van der Waals surface area contributed by atoms with E-state index in [1.54, 1.807) is 0 Å². The molecule has 2 rings (SSSR count). The van der Waals surface area contributed by atoms with E-state index in [-0.39, 0.29) is 12.1 Å². The van der Waals surface area contributed by atoms with Gasteiger partial charge >= 0.3 is 0 Å². The van der Waals surface area contributed by atoms with Crippen LogP contribution in [0, 0.1) is 0 Å². The first-order valence-corrected chi connectivity index (χ1v) is 8.25. The number of rotatable bonds is 5. The van der Waals surface area contributed by atoms with Gasteiger partial charge in [0.25, 0.3) is 0 Å². The third-order valence-electron chi connectivity index (χ3n) is 4.20. The maximum absolute atomic E-state index is 6.38. The van der Waals surface area contributed by atoms with Gasteiger partial charge in [-0.3, -0.25) is 0 Å². The molecule has 0 aliphatic heterocycles. The van der Waals surface area contributed by atoms with Gasteiger partial charge in [0, 0.05) is 11.1 Å². The molecule has 2 N–H and O–H groups in total. The van der Waals surface area contributed by atoms with Gasteiger partial charge in [0.15, 0.2) is 0 Å². The van der Waals surface area contributed by atoms with Gasteiger partial charge in [-0.15, -0.1) is 0 Å². The van der Waals surface area contributed by atoms with Crippen LogP contribution in [0.25, 0.3) is 0 Å². The number of benzene rings is 1. The highest BCUT2D eigenvalue weighted by Crippen LogP contribution is 2.29. The molecule has 1 fully saturated rings. The second kappa shape index (κ2) is 8.02. The summed E-state index contributed by atoms with van der Waals surface area (Å²) in [6.45, 7) is 2.12. The molecule has 1 saturated carbocycles. The summed E-state index contributed by atoms with van der Waals surface area (Å²) in [6, 6.07) is 7.96. The fourth-order valence-corrected chi connectivity index (χ4v) is 3.00. The first kappa shape index (κ1) is 15.8. The van der Waals surface area contributed by atoms with E-state index in [1.165, 1.54) is 38.5 Å². The van der Waals surface area contributed by atoms with Crippen molar-refractivity contribution >= 4 is 11.6 Å². The number of ether oxygens (including phenoxy) is 1. The Balaban J connectivity index is 2.08. The third-order valence-corrected chi connectivity index (χ3v) is 4.45. The summed E-state index contributed by atoms with van der Waals surface area (Å²) in [5, 5.41) is 0.757. The molecular weight excluding hydrogens is 270 g/mol. The Hall–Kier alpha value is -0.570. The van der Waals surface area contributed by atoms with E-state index >= 15 is 0 Å². The Kier molecular flexibility index (Phi) is 6.34. The van der Waals surface area contributed by atoms with Crippen LogP contribution in [0.2, 0.25) is 5.02 Å². The van der Waals surface area contributed by atoms with Gasteiger partial charge in [0.2, 0.25) is 0 Å². The van der Waals surface area contributed by atoms with Crippen LogP contribution in [0.5, 0.6) is 0 Å². The lowest BCUT2D eigenvalue weighted by Crippen LogP contribution is -2.32. The van der Waals surface area contributed by atoms with Crippen molar-refractivity contribution in [2.24, 2.45) is 5.73 Å². The second-order valence-electron chi connectivity index (χ2n) is 5.79. The van der Waals surface area contributed by atoms with Gasteiger partial charge in [-0.25, -0.2) is 0 Å². The van der Waals surface area contributed by atoms with Crippen molar-refractivity contribution in [3.8, 4) is 0 Å². The molecule has 2 atom stereocenters. The van der Waals surface area contributed by atoms with Crippen LogP contribution in [0.4, 0.5) is 0 Å². The van der Waals surface area contributed by atoms with Crippen LogP contribution in [0.3, 0.4) is 0 Å². The Morgan fingerprint density at radius 1 is 1.15 bits per heavy atom. The predicted octanol–water partition coefficient (Wildman–Crippen LogP) is 4.86. The largest absolute Gasteiger partial charge is 0.369 e. The molecule has 1 aliphatic rings. The van der Waals surface area contributed by atoms with Crippen molar-refractivity contribution in [3.05, 3.63) is 34.9 Å². The molecule has 2 nitrogen and oxygen atoms in total. The van der Waals surface area contributed by atoms with E-state index in [0.29, 0.717) is 6.10 Å². The lowest BCUT2D eigenvalue weighted by atomic mass is 10.00. The number of halogens is 1. The summed E-state index contributed by atoms with van der Waals surface area (Å²) in [5.41, 5.74) is 7.43. The smallest absolute Gasteiger partial charge is 0.0979 e. The van der Waals surface area contributed by atoms with E-state index < -0.39 is 0 Å². The lowest BCUT2D eigenvalue weighted by molar-refractivity contribution is -0.0341. The Bertz CT molecular complexity index is 384. The van der Waals surface area contributed by atoms with Gasteiger partial charge in [-0.2, -0.15) is 0 Å². The predicted molar refractivity (Wildman–Crippen MR) is 85.0 cm³/mol. The highest BCUT2D eigenvalue weighted by atomic mass is 35.5. The molecule has 0 spiro atoms.